The zero-order chi connectivity index (χ0) is 17.7. The highest BCUT2D eigenvalue weighted by Gasteiger charge is 2.20. The Balaban J connectivity index is 1.94. The maximum Gasteiger partial charge on any atom is 0.387 e. The molecule has 0 saturated carbocycles. The average molecular weight is 338 g/mol. The number of likely N-dealkylation sites (N-methyl/N-ethyl adjacent to an activating group) is 1. The molecule has 0 radical (unpaired) electrons. The van der Waals surface area contributed by atoms with Crippen molar-refractivity contribution in [1.29, 1.82) is 0 Å². The first kappa shape index (κ1) is 18.4. The van der Waals surface area contributed by atoms with Gasteiger partial charge in [0.15, 0.2) is 0 Å². The molecule has 0 bridgehead atoms. The normalized spacial score (nSPS) is 16.7. The number of alkyl halides is 2. The first-order valence-electron chi connectivity index (χ1n) is 8.05. The highest BCUT2D eigenvalue weighted by molar-refractivity contribution is 5.73. The highest BCUT2D eigenvalue weighted by Crippen LogP contribution is 2.21. The van der Waals surface area contributed by atoms with Gasteiger partial charge in [-0.2, -0.15) is 8.78 Å². The molecule has 0 N–H and O–H groups in total. The van der Waals surface area contributed by atoms with E-state index in [1.165, 1.54) is 11.6 Å². The van der Waals surface area contributed by atoms with Crippen LogP contribution in [0.1, 0.15) is 25.8 Å². The van der Waals surface area contributed by atoms with Gasteiger partial charge in [-0.25, -0.2) is 0 Å². The summed E-state index contributed by atoms with van der Waals surface area (Å²) in [6.07, 6.45) is 3.05. The Labute approximate surface area is 141 Å². The van der Waals surface area contributed by atoms with E-state index in [0.29, 0.717) is 6.54 Å². The Morgan fingerprint density at radius 3 is 2.75 bits per heavy atom. The van der Waals surface area contributed by atoms with Crippen molar-refractivity contribution in [3.8, 4) is 5.75 Å². The van der Waals surface area contributed by atoms with Crippen LogP contribution in [-0.4, -0.2) is 48.5 Å². The number of halogens is 2. The number of amides is 1. The molecular weight excluding hydrogens is 314 g/mol. The van der Waals surface area contributed by atoms with Crippen LogP contribution in [0.4, 0.5) is 8.78 Å². The molecule has 132 valence electrons. The predicted molar refractivity (Wildman–Crippen MR) is 89.0 cm³/mol. The molecule has 1 aromatic carbocycles. The van der Waals surface area contributed by atoms with E-state index < -0.39 is 6.61 Å². The third-order valence-electron chi connectivity index (χ3n) is 4.47. The van der Waals surface area contributed by atoms with Crippen LogP contribution in [0.15, 0.2) is 35.9 Å². The third kappa shape index (κ3) is 5.03. The molecule has 1 aliphatic heterocycles. The molecule has 1 heterocycles. The number of nitrogens with zero attached hydrogens (tertiary/aromatic N) is 2. The second-order valence-electron chi connectivity index (χ2n) is 6.10. The van der Waals surface area contributed by atoms with Crippen molar-refractivity contribution in [2.45, 2.75) is 39.5 Å². The van der Waals surface area contributed by atoms with Crippen LogP contribution < -0.4 is 4.74 Å². The molecule has 0 saturated heterocycles. The largest absolute Gasteiger partial charge is 0.435 e. The number of hydrogen-bond donors (Lipinski definition) is 0. The number of ether oxygens (including phenoxy) is 1. The molecule has 0 fully saturated rings. The summed E-state index contributed by atoms with van der Waals surface area (Å²) < 4.78 is 29.0. The standard InChI is InChI=1S/C18H24F2N2O2/c1-13(21(3)14(2)23)16-7-9-22(10-8-16)12-15-5-4-6-17(11-15)24-18(19)20/h4-7,11,13,18H,8-10,12H2,1-3H3/t13-/m0/s1. The van der Waals surface area contributed by atoms with E-state index in [1.807, 2.05) is 20.0 Å². The van der Waals surface area contributed by atoms with Gasteiger partial charge in [0.1, 0.15) is 5.75 Å². The Morgan fingerprint density at radius 1 is 1.42 bits per heavy atom. The van der Waals surface area contributed by atoms with Gasteiger partial charge in [0.05, 0.1) is 0 Å². The summed E-state index contributed by atoms with van der Waals surface area (Å²) in [5, 5.41) is 0. The van der Waals surface area contributed by atoms with Crippen LogP contribution in [0.25, 0.3) is 0 Å². The fourth-order valence-corrected chi connectivity index (χ4v) is 2.85. The minimum atomic E-state index is -2.81. The van der Waals surface area contributed by atoms with Crippen LogP contribution in [0.2, 0.25) is 0 Å². The fraction of sp³-hybridized carbons (Fsp3) is 0.500. The van der Waals surface area contributed by atoms with Gasteiger partial charge in [-0.15, -0.1) is 0 Å². The second-order valence-corrected chi connectivity index (χ2v) is 6.10. The first-order valence-corrected chi connectivity index (χ1v) is 8.05. The molecule has 6 heteroatoms. The van der Waals surface area contributed by atoms with Crippen LogP contribution in [0.3, 0.4) is 0 Å². The summed E-state index contributed by atoms with van der Waals surface area (Å²) in [5.41, 5.74) is 2.21. The van der Waals surface area contributed by atoms with Gasteiger partial charge in [0.2, 0.25) is 5.91 Å². The zero-order valence-electron chi connectivity index (χ0n) is 14.3. The highest BCUT2D eigenvalue weighted by atomic mass is 19.3. The van der Waals surface area contributed by atoms with E-state index >= 15 is 0 Å². The number of hydrogen-bond acceptors (Lipinski definition) is 3. The summed E-state index contributed by atoms with van der Waals surface area (Å²) in [6.45, 7) is 3.14. The SMILES string of the molecule is CC(=O)N(C)[C@@H](C)C1=CCN(Cc2cccc(OC(F)F)c2)CC1. The lowest BCUT2D eigenvalue weighted by atomic mass is 10.00. The van der Waals surface area contributed by atoms with Crippen molar-refractivity contribution in [3.05, 3.63) is 41.5 Å². The fourth-order valence-electron chi connectivity index (χ4n) is 2.85. The second kappa shape index (κ2) is 8.24. The van der Waals surface area contributed by atoms with Crippen LogP contribution in [0, 0.1) is 0 Å². The molecule has 1 amide bonds. The van der Waals surface area contributed by atoms with Gasteiger partial charge in [-0.1, -0.05) is 18.2 Å². The lowest BCUT2D eigenvalue weighted by molar-refractivity contribution is -0.128. The molecule has 24 heavy (non-hydrogen) atoms. The Morgan fingerprint density at radius 2 is 2.17 bits per heavy atom. The quantitative estimate of drug-likeness (QED) is 0.746. The van der Waals surface area contributed by atoms with Crippen LogP contribution in [-0.2, 0) is 11.3 Å². The maximum atomic E-state index is 12.3. The van der Waals surface area contributed by atoms with Gasteiger partial charge in [-0.3, -0.25) is 9.69 Å². The van der Waals surface area contributed by atoms with Gasteiger partial charge in [0, 0.05) is 39.6 Å². The molecule has 4 nitrogen and oxygen atoms in total. The summed E-state index contributed by atoms with van der Waals surface area (Å²) in [4.78, 5) is 15.4. The minimum absolute atomic E-state index is 0.0571. The lowest BCUT2D eigenvalue weighted by Crippen LogP contribution is -2.38. The van der Waals surface area contributed by atoms with Crippen molar-refractivity contribution < 1.29 is 18.3 Å². The predicted octanol–water partition coefficient (Wildman–Crippen LogP) is 3.29. The van der Waals surface area contributed by atoms with E-state index in [4.69, 9.17) is 0 Å². The lowest BCUT2D eigenvalue weighted by Gasteiger charge is -2.32. The third-order valence-corrected chi connectivity index (χ3v) is 4.47. The van der Waals surface area contributed by atoms with Gasteiger partial charge < -0.3 is 9.64 Å². The van der Waals surface area contributed by atoms with Crippen molar-refractivity contribution in [2.24, 2.45) is 0 Å². The van der Waals surface area contributed by atoms with Gasteiger partial charge in [-0.05, 0) is 36.6 Å². The number of carbonyl (C=O) groups excluding carboxylic acids is 1. The first-order chi connectivity index (χ1) is 11.4. The van der Waals surface area contributed by atoms with Crippen LogP contribution in [0.5, 0.6) is 5.75 Å². The molecule has 1 atom stereocenters. The summed E-state index contributed by atoms with van der Waals surface area (Å²) in [6, 6.07) is 6.92. The molecule has 0 aliphatic carbocycles. The Hall–Kier alpha value is -1.95. The number of carbonyl (C=O) groups is 1. The van der Waals surface area contributed by atoms with Crippen LogP contribution >= 0.6 is 0 Å². The van der Waals surface area contributed by atoms with Crippen molar-refractivity contribution >= 4 is 5.91 Å². The van der Waals surface area contributed by atoms with E-state index in [-0.39, 0.29) is 17.7 Å². The smallest absolute Gasteiger partial charge is 0.387 e. The molecule has 1 aromatic rings. The maximum absolute atomic E-state index is 12.3. The van der Waals surface area contributed by atoms with Gasteiger partial charge in [0.25, 0.3) is 0 Å². The van der Waals surface area contributed by atoms with Gasteiger partial charge >= 0.3 is 6.61 Å². The molecule has 0 spiro atoms. The number of rotatable bonds is 6. The van der Waals surface area contributed by atoms with Crippen molar-refractivity contribution in [3.63, 3.8) is 0 Å². The van der Waals surface area contributed by atoms with Crippen molar-refractivity contribution in [1.82, 2.24) is 9.80 Å². The Bertz CT molecular complexity index is 604. The summed E-state index contributed by atoms with van der Waals surface area (Å²) in [5.74, 6) is 0.245. The van der Waals surface area contributed by atoms with E-state index in [0.717, 1.165) is 25.1 Å². The van der Waals surface area contributed by atoms with E-state index in [1.54, 1.807) is 24.0 Å². The number of benzene rings is 1. The van der Waals surface area contributed by atoms with E-state index in [2.05, 4.69) is 15.7 Å². The molecule has 2 rings (SSSR count). The van der Waals surface area contributed by atoms with E-state index in [9.17, 15) is 13.6 Å². The molecular formula is C18H24F2N2O2. The topological polar surface area (TPSA) is 32.8 Å². The zero-order valence-corrected chi connectivity index (χ0v) is 14.3. The molecule has 0 unspecified atom stereocenters. The summed E-state index contributed by atoms with van der Waals surface area (Å²) in [7, 11) is 1.81. The minimum Gasteiger partial charge on any atom is -0.435 e. The Kier molecular flexibility index (Phi) is 6.31. The average Bonchev–Trinajstić information content (AvgIpc) is 2.54. The summed E-state index contributed by atoms with van der Waals surface area (Å²) >= 11 is 0. The van der Waals surface area contributed by atoms with Crippen molar-refractivity contribution in [2.75, 3.05) is 20.1 Å². The molecule has 0 aromatic heterocycles. The monoisotopic (exact) mass is 338 g/mol. The molecule has 1 aliphatic rings.